The Morgan fingerprint density at radius 2 is 1.56 bits per heavy atom. The van der Waals surface area contributed by atoms with Gasteiger partial charge in [0.1, 0.15) is 5.75 Å². The smallest absolute Gasteiger partial charge is 0.263 e. The van der Waals surface area contributed by atoms with Gasteiger partial charge in [-0.1, -0.05) is 62.4 Å². The Labute approximate surface area is 249 Å². The van der Waals surface area contributed by atoms with E-state index in [4.69, 9.17) is 9.72 Å². The molecule has 0 aliphatic heterocycles. The first-order valence-electron chi connectivity index (χ1n) is 13.8. The first-order chi connectivity index (χ1) is 19.3. The van der Waals surface area contributed by atoms with Gasteiger partial charge < -0.3 is 15.0 Å². The molecule has 1 aliphatic carbocycles. The number of anilines is 3. The Balaban J connectivity index is 0.00000387. The summed E-state index contributed by atoms with van der Waals surface area (Å²) in [6.07, 6.45) is 7.22. The fourth-order valence-electron chi connectivity index (χ4n) is 5.29. The van der Waals surface area contributed by atoms with Gasteiger partial charge >= 0.3 is 0 Å². The minimum Gasteiger partial charge on any atom is -0.497 e. The van der Waals surface area contributed by atoms with E-state index >= 15 is 0 Å². The lowest BCUT2D eigenvalue weighted by Crippen LogP contribution is -2.17. The highest BCUT2D eigenvalue weighted by molar-refractivity contribution is 7.92. The summed E-state index contributed by atoms with van der Waals surface area (Å²) in [7, 11) is 1.67. The topological polar surface area (TPSA) is 96.5 Å². The zero-order chi connectivity index (χ0) is 28.1. The standard InChI is InChI=1S/C31H37N5O3S.ClH/c1-36(2)21-23-13-17-26(18-14-23)40(37,38)35-31-30(32-27-11-7-8-12-28(27)33-31)34-29-20-25(39-3)16-15-24(29)19-22-9-5-4-6-10-22;/h7-8,11-18,20,22H,4-6,9-10,19,21H2,1-3H3,(H,32,34)(H,33,35);1H. The number of methoxy groups -OCH3 is 1. The summed E-state index contributed by atoms with van der Waals surface area (Å²) < 4.78 is 35.2. The summed E-state index contributed by atoms with van der Waals surface area (Å²) in [4.78, 5) is 11.7. The van der Waals surface area contributed by atoms with Crippen molar-refractivity contribution in [2.45, 2.75) is 50.0 Å². The molecule has 0 amide bonds. The monoisotopic (exact) mass is 595 g/mol. The fraction of sp³-hybridized carbons (Fsp3) is 0.355. The van der Waals surface area contributed by atoms with Crippen LogP contribution >= 0.6 is 12.4 Å². The van der Waals surface area contributed by atoms with Crippen molar-refractivity contribution in [3.05, 3.63) is 77.9 Å². The van der Waals surface area contributed by atoms with Crippen molar-refractivity contribution in [1.82, 2.24) is 14.9 Å². The largest absolute Gasteiger partial charge is 0.497 e. The van der Waals surface area contributed by atoms with E-state index in [9.17, 15) is 8.42 Å². The third-order valence-electron chi connectivity index (χ3n) is 7.34. The number of hydrogen-bond acceptors (Lipinski definition) is 7. The molecule has 0 atom stereocenters. The summed E-state index contributed by atoms with van der Waals surface area (Å²) in [6, 6.07) is 20.3. The maximum absolute atomic E-state index is 13.5. The highest BCUT2D eigenvalue weighted by Gasteiger charge is 2.21. The Morgan fingerprint density at radius 3 is 2.20 bits per heavy atom. The van der Waals surface area contributed by atoms with Crippen LogP contribution in [0.1, 0.15) is 43.2 Å². The number of aromatic nitrogens is 2. The van der Waals surface area contributed by atoms with Crippen LogP contribution in [0.5, 0.6) is 5.75 Å². The number of ether oxygens (including phenoxy) is 1. The van der Waals surface area contributed by atoms with Crippen molar-refractivity contribution in [2.75, 3.05) is 31.2 Å². The average Bonchev–Trinajstić information content (AvgIpc) is 2.94. The van der Waals surface area contributed by atoms with Gasteiger partial charge in [0.2, 0.25) is 0 Å². The van der Waals surface area contributed by atoms with Crippen molar-refractivity contribution >= 4 is 50.8 Å². The third-order valence-corrected chi connectivity index (χ3v) is 8.69. The molecule has 218 valence electrons. The van der Waals surface area contributed by atoms with Gasteiger partial charge in [-0.2, -0.15) is 0 Å². The van der Waals surface area contributed by atoms with Crippen molar-refractivity contribution in [2.24, 2.45) is 5.92 Å². The summed E-state index contributed by atoms with van der Waals surface area (Å²) in [6.45, 7) is 0.724. The van der Waals surface area contributed by atoms with Gasteiger partial charge in [0.05, 0.1) is 23.0 Å². The molecule has 1 aliphatic rings. The van der Waals surface area contributed by atoms with Crippen LogP contribution in [0.25, 0.3) is 11.0 Å². The van der Waals surface area contributed by atoms with E-state index in [1.807, 2.05) is 67.5 Å². The normalized spacial score (nSPS) is 14.0. The van der Waals surface area contributed by atoms with E-state index in [2.05, 4.69) is 21.1 Å². The second-order valence-corrected chi connectivity index (χ2v) is 12.4. The molecule has 0 saturated heterocycles. The molecule has 2 N–H and O–H groups in total. The van der Waals surface area contributed by atoms with Crippen LogP contribution in [-0.4, -0.2) is 44.5 Å². The molecule has 0 radical (unpaired) electrons. The summed E-state index contributed by atoms with van der Waals surface area (Å²) in [5.74, 6) is 1.81. The molecule has 41 heavy (non-hydrogen) atoms. The molecule has 1 fully saturated rings. The molecule has 1 saturated carbocycles. The number of benzene rings is 3. The first-order valence-corrected chi connectivity index (χ1v) is 15.3. The number of nitrogens with zero attached hydrogens (tertiary/aromatic N) is 3. The Morgan fingerprint density at radius 1 is 0.902 bits per heavy atom. The van der Waals surface area contributed by atoms with Gasteiger partial charge in [-0.15, -0.1) is 12.4 Å². The highest BCUT2D eigenvalue weighted by atomic mass is 35.5. The van der Waals surface area contributed by atoms with Gasteiger partial charge in [0, 0.05) is 18.3 Å². The van der Waals surface area contributed by atoms with Gasteiger partial charge in [-0.3, -0.25) is 4.72 Å². The molecular formula is C31H38ClN5O3S. The van der Waals surface area contributed by atoms with Crippen LogP contribution in [0.15, 0.2) is 71.6 Å². The number of nitrogens with one attached hydrogen (secondary N) is 2. The average molecular weight is 596 g/mol. The molecule has 8 nitrogen and oxygen atoms in total. The number of rotatable bonds is 10. The van der Waals surface area contributed by atoms with Crippen molar-refractivity contribution in [1.29, 1.82) is 0 Å². The van der Waals surface area contributed by atoms with Crippen molar-refractivity contribution < 1.29 is 13.2 Å². The lowest BCUT2D eigenvalue weighted by Gasteiger charge is -2.23. The fourth-order valence-corrected chi connectivity index (χ4v) is 6.30. The number of fused-ring (bicyclic) bond motifs is 1. The first kappa shape index (κ1) is 30.6. The van der Waals surface area contributed by atoms with E-state index in [1.165, 1.54) is 32.1 Å². The van der Waals surface area contributed by atoms with E-state index in [-0.39, 0.29) is 23.1 Å². The van der Waals surface area contributed by atoms with E-state index in [0.717, 1.165) is 29.8 Å². The minimum atomic E-state index is -3.92. The molecule has 0 bridgehead atoms. The molecule has 4 aromatic rings. The summed E-state index contributed by atoms with van der Waals surface area (Å²) >= 11 is 0. The quantitative estimate of drug-likeness (QED) is 0.208. The molecule has 5 rings (SSSR count). The number of sulfonamides is 1. The molecule has 3 aromatic carbocycles. The Hall–Kier alpha value is -3.40. The molecule has 1 aromatic heterocycles. The zero-order valence-electron chi connectivity index (χ0n) is 23.8. The van der Waals surface area contributed by atoms with E-state index < -0.39 is 10.0 Å². The van der Waals surface area contributed by atoms with E-state index in [0.29, 0.717) is 28.5 Å². The lowest BCUT2D eigenvalue weighted by atomic mass is 9.84. The minimum absolute atomic E-state index is 0. The zero-order valence-corrected chi connectivity index (χ0v) is 25.4. The van der Waals surface area contributed by atoms with Crippen LogP contribution in [0.4, 0.5) is 17.3 Å². The Bertz CT molecular complexity index is 1570. The van der Waals surface area contributed by atoms with Gasteiger partial charge in [0.15, 0.2) is 11.6 Å². The second-order valence-electron chi connectivity index (χ2n) is 10.8. The second kappa shape index (κ2) is 13.5. The van der Waals surface area contributed by atoms with Crippen LogP contribution in [0, 0.1) is 5.92 Å². The van der Waals surface area contributed by atoms with Gasteiger partial charge in [-0.25, -0.2) is 18.4 Å². The maximum Gasteiger partial charge on any atom is 0.263 e. The SMILES string of the molecule is COc1ccc(CC2CCCCC2)c(Nc2nc3ccccc3nc2NS(=O)(=O)c2ccc(CN(C)C)cc2)c1.Cl. The number of hydrogen-bond donors (Lipinski definition) is 2. The predicted molar refractivity (Wildman–Crippen MR) is 168 cm³/mol. The van der Waals surface area contributed by atoms with Crippen molar-refractivity contribution in [3.8, 4) is 5.75 Å². The summed E-state index contributed by atoms with van der Waals surface area (Å²) in [5.41, 5.74) is 4.27. The number of halogens is 1. The van der Waals surface area contributed by atoms with Crippen LogP contribution in [0.3, 0.4) is 0 Å². The van der Waals surface area contributed by atoms with Crippen LogP contribution < -0.4 is 14.8 Å². The van der Waals surface area contributed by atoms with Crippen LogP contribution in [-0.2, 0) is 23.0 Å². The third kappa shape index (κ3) is 7.67. The summed E-state index contributed by atoms with van der Waals surface area (Å²) in [5, 5.41) is 3.42. The highest BCUT2D eigenvalue weighted by Crippen LogP contribution is 2.34. The molecule has 1 heterocycles. The number of para-hydroxylation sites is 2. The lowest BCUT2D eigenvalue weighted by molar-refractivity contribution is 0.356. The maximum atomic E-state index is 13.5. The van der Waals surface area contributed by atoms with Crippen molar-refractivity contribution in [3.63, 3.8) is 0 Å². The van der Waals surface area contributed by atoms with Gasteiger partial charge in [-0.05, 0) is 67.9 Å². The molecule has 0 spiro atoms. The predicted octanol–water partition coefficient (Wildman–Crippen LogP) is 6.79. The van der Waals surface area contributed by atoms with Crippen LogP contribution in [0.2, 0.25) is 0 Å². The van der Waals surface area contributed by atoms with E-state index in [1.54, 1.807) is 19.2 Å². The Kier molecular flexibility index (Phi) is 10.1. The van der Waals surface area contributed by atoms with Gasteiger partial charge in [0.25, 0.3) is 10.0 Å². The molecular weight excluding hydrogens is 558 g/mol. The molecule has 0 unspecified atom stereocenters. The molecule has 10 heteroatoms.